The summed E-state index contributed by atoms with van der Waals surface area (Å²) in [6, 6.07) is 5.15. The van der Waals surface area contributed by atoms with E-state index >= 15 is 0 Å². The third-order valence-electron chi connectivity index (χ3n) is 2.59. The maximum absolute atomic E-state index is 11.2. The first kappa shape index (κ1) is 12.4. The highest BCUT2D eigenvalue weighted by Gasteiger charge is 2.13. The normalized spacial score (nSPS) is 10.6. The van der Waals surface area contributed by atoms with E-state index in [0.29, 0.717) is 16.4 Å². The number of rotatable bonds is 3. The second-order valence-corrected chi connectivity index (χ2v) is 4.78. The molecule has 1 aromatic heterocycles. The number of nitrogens with two attached hydrogens (primary N) is 2. The van der Waals surface area contributed by atoms with Gasteiger partial charge in [0.1, 0.15) is 5.82 Å². The third kappa shape index (κ3) is 2.17. The van der Waals surface area contributed by atoms with Crippen LogP contribution in [0.5, 0.6) is 0 Å². The molecule has 1 heterocycles. The number of nitrogen functional groups attached to an aromatic ring is 1. The van der Waals surface area contributed by atoms with Crippen LogP contribution in [0.15, 0.2) is 28.3 Å². The van der Waals surface area contributed by atoms with Gasteiger partial charge < -0.3 is 16.0 Å². The van der Waals surface area contributed by atoms with E-state index in [0.717, 1.165) is 10.7 Å². The monoisotopic (exact) mass is 263 g/mol. The summed E-state index contributed by atoms with van der Waals surface area (Å²) in [5.41, 5.74) is 11.8. The number of amides is 1. The lowest BCUT2D eigenvalue weighted by atomic mass is 10.2. The van der Waals surface area contributed by atoms with Gasteiger partial charge in [-0.15, -0.1) is 10.2 Å². The molecule has 7 heteroatoms. The Hall–Kier alpha value is -2.02. The zero-order chi connectivity index (χ0) is 13.3. The van der Waals surface area contributed by atoms with Crippen molar-refractivity contribution in [2.75, 3.05) is 5.73 Å². The van der Waals surface area contributed by atoms with Gasteiger partial charge in [0, 0.05) is 11.9 Å². The second kappa shape index (κ2) is 4.69. The minimum atomic E-state index is -0.538. The van der Waals surface area contributed by atoms with Crippen molar-refractivity contribution in [1.29, 1.82) is 0 Å². The summed E-state index contributed by atoms with van der Waals surface area (Å²) in [5.74, 6) is 0.270. The van der Waals surface area contributed by atoms with E-state index in [1.165, 1.54) is 11.8 Å². The molecule has 1 aromatic carbocycles. The Morgan fingerprint density at radius 1 is 1.39 bits per heavy atom. The van der Waals surface area contributed by atoms with Crippen molar-refractivity contribution in [3.8, 4) is 0 Å². The van der Waals surface area contributed by atoms with Gasteiger partial charge in [0.15, 0.2) is 5.16 Å². The van der Waals surface area contributed by atoms with Crippen molar-refractivity contribution in [3.63, 3.8) is 0 Å². The van der Waals surface area contributed by atoms with Crippen LogP contribution in [-0.4, -0.2) is 20.7 Å². The first-order chi connectivity index (χ1) is 8.50. The van der Waals surface area contributed by atoms with E-state index in [-0.39, 0.29) is 0 Å². The summed E-state index contributed by atoms with van der Waals surface area (Å²) in [6.45, 7) is 1.86. The standard InChI is InChI=1S/C11H13N5OS/c1-6-14-15-11(16(6)2)18-8-5-3-4-7(9(8)12)10(13)17/h3-5H,12H2,1-2H3,(H2,13,17). The van der Waals surface area contributed by atoms with E-state index < -0.39 is 5.91 Å². The minimum absolute atomic E-state index is 0.318. The summed E-state index contributed by atoms with van der Waals surface area (Å²) in [7, 11) is 1.87. The average molecular weight is 263 g/mol. The average Bonchev–Trinajstić information content (AvgIpc) is 2.63. The molecule has 0 atom stereocenters. The first-order valence-corrected chi connectivity index (χ1v) is 6.04. The molecule has 2 rings (SSSR count). The summed E-state index contributed by atoms with van der Waals surface area (Å²) in [6.07, 6.45) is 0. The Bertz CT molecular complexity index is 607. The molecule has 0 fully saturated rings. The highest BCUT2D eigenvalue weighted by atomic mass is 32.2. The molecule has 0 saturated carbocycles. The van der Waals surface area contributed by atoms with Gasteiger partial charge in [-0.1, -0.05) is 6.07 Å². The molecule has 0 unspecified atom stereocenters. The molecule has 0 aliphatic carbocycles. The van der Waals surface area contributed by atoms with Crippen LogP contribution in [0.4, 0.5) is 5.69 Å². The molecule has 0 saturated heterocycles. The Kier molecular flexibility index (Phi) is 3.24. The van der Waals surface area contributed by atoms with Gasteiger partial charge in [-0.3, -0.25) is 4.79 Å². The fourth-order valence-corrected chi connectivity index (χ4v) is 2.34. The Morgan fingerprint density at radius 3 is 2.67 bits per heavy atom. The molecular formula is C11H13N5OS. The fourth-order valence-electron chi connectivity index (χ4n) is 1.42. The predicted molar refractivity (Wildman–Crippen MR) is 69.2 cm³/mol. The molecule has 0 bridgehead atoms. The number of primary amides is 1. The molecule has 18 heavy (non-hydrogen) atoms. The van der Waals surface area contributed by atoms with Crippen LogP contribution >= 0.6 is 11.8 Å². The number of aryl methyl sites for hydroxylation is 1. The lowest BCUT2D eigenvalue weighted by Gasteiger charge is -2.07. The quantitative estimate of drug-likeness (QED) is 0.803. The number of carbonyl (C=O) groups is 1. The summed E-state index contributed by atoms with van der Waals surface area (Å²) >= 11 is 1.35. The van der Waals surface area contributed by atoms with Crippen molar-refractivity contribution >= 4 is 23.4 Å². The number of hydrogen-bond donors (Lipinski definition) is 2. The topological polar surface area (TPSA) is 99.8 Å². The van der Waals surface area contributed by atoms with Gasteiger partial charge in [-0.2, -0.15) is 0 Å². The number of aromatic nitrogens is 3. The summed E-state index contributed by atoms with van der Waals surface area (Å²) < 4.78 is 1.85. The lowest BCUT2D eigenvalue weighted by molar-refractivity contribution is 0.100. The molecule has 0 radical (unpaired) electrons. The first-order valence-electron chi connectivity index (χ1n) is 5.23. The van der Waals surface area contributed by atoms with Gasteiger partial charge >= 0.3 is 0 Å². The molecule has 6 nitrogen and oxygen atoms in total. The number of para-hydroxylation sites is 1. The van der Waals surface area contributed by atoms with Crippen molar-refractivity contribution in [2.45, 2.75) is 17.0 Å². The molecule has 0 aliphatic rings. The molecule has 0 spiro atoms. The molecule has 2 aromatic rings. The van der Waals surface area contributed by atoms with E-state index in [1.54, 1.807) is 12.1 Å². The molecule has 0 aliphatic heterocycles. The maximum atomic E-state index is 11.2. The van der Waals surface area contributed by atoms with E-state index in [4.69, 9.17) is 11.5 Å². The number of benzene rings is 1. The number of anilines is 1. The largest absolute Gasteiger partial charge is 0.397 e. The van der Waals surface area contributed by atoms with Crippen LogP contribution in [0.2, 0.25) is 0 Å². The number of hydrogen-bond acceptors (Lipinski definition) is 5. The van der Waals surface area contributed by atoms with Crippen LogP contribution in [0.3, 0.4) is 0 Å². The predicted octanol–water partition coefficient (Wildman–Crippen LogP) is 0.956. The Balaban J connectivity index is 2.38. The molecule has 4 N–H and O–H groups in total. The van der Waals surface area contributed by atoms with E-state index in [1.807, 2.05) is 24.6 Å². The molecular weight excluding hydrogens is 250 g/mol. The summed E-state index contributed by atoms with van der Waals surface area (Å²) in [4.78, 5) is 11.9. The van der Waals surface area contributed by atoms with Crippen LogP contribution < -0.4 is 11.5 Å². The Morgan fingerprint density at radius 2 is 2.11 bits per heavy atom. The summed E-state index contributed by atoms with van der Waals surface area (Å²) in [5, 5.41) is 8.70. The highest BCUT2D eigenvalue weighted by Crippen LogP contribution is 2.32. The fraction of sp³-hybridized carbons (Fsp3) is 0.182. The van der Waals surface area contributed by atoms with Crippen molar-refractivity contribution in [1.82, 2.24) is 14.8 Å². The van der Waals surface area contributed by atoms with Crippen LogP contribution in [0.25, 0.3) is 0 Å². The van der Waals surface area contributed by atoms with Crippen molar-refractivity contribution in [2.24, 2.45) is 12.8 Å². The van der Waals surface area contributed by atoms with Crippen LogP contribution in [-0.2, 0) is 7.05 Å². The Labute approximate surface area is 108 Å². The minimum Gasteiger partial charge on any atom is -0.397 e. The molecule has 1 amide bonds. The number of nitrogens with zero attached hydrogens (tertiary/aromatic N) is 3. The molecule has 94 valence electrons. The number of carbonyl (C=O) groups excluding carboxylic acids is 1. The van der Waals surface area contributed by atoms with E-state index in [2.05, 4.69) is 10.2 Å². The van der Waals surface area contributed by atoms with Gasteiger partial charge in [0.2, 0.25) is 0 Å². The van der Waals surface area contributed by atoms with Gasteiger partial charge in [0.25, 0.3) is 5.91 Å². The smallest absolute Gasteiger partial charge is 0.250 e. The third-order valence-corrected chi connectivity index (χ3v) is 3.70. The lowest BCUT2D eigenvalue weighted by Crippen LogP contribution is -2.13. The van der Waals surface area contributed by atoms with E-state index in [9.17, 15) is 4.79 Å². The van der Waals surface area contributed by atoms with Crippen molar-refractivity contribution in [3.05, 3.63) is 29.6 Å². The SMILES string of the molecule is Cc1nnc(Sc2cccc(C(N)=O)c2N)n1C. The van der Waals surface area contributed by atoms with Crippen LogP contribution in [0.1, 0.15) is 16.2 Å². The van der Waals surface area contributed by atoms with Gasteiger partial charge in [-0.05, 0) is 30.8 Å². The zero-order valence-electron chi connectivity index (χ0n) is 10.0. The highest BCUT2D eigenvalue weighted by molar-refractivity contribution is 7.99. The van der Waals surface area contributed by atoms with Gasteiger partial charge in [0.05, 0.1) is 11.3 Å². The second-order valence-electron chi connectivity index (χ2n) is 3.77. The zero-order valence-corrected chi connectivity index (χ0v) is 10.9. The van der Waals surface area contributed by atoms with Gasteiger partial charge in [-0.25, -0.2) is 0 Å². The maximum Gasteiger partial charge on any atom is 0.250 e. The van der Waals surface area contributed by atoms with Crippen LogP contribution in [0, 0.1) is 6.92 Å². The van der Waals surface area contributed by atoms with Crippen molar-refractivity contribution < 1.29 is 4.79 Å².